The number of hydrogen-bond acceptors (Lipinski definition) is 5. The molecule has 84 valence electrons. The fraction of sp³-hybridized carbons (Fsp3) is 0.200. The number of nitrogen functional groups attached to an aromatic ring is 1. The first kappa shape index (κ1) is 10.4. The molecule has 2 N–H and O–H groups in total. The fourth-order valence-corrected chi connectivity index (χ4v) is 1.24. The average molecular weight is 223 g/mol. The molecule has 0 amide bonds. The SMILES string of the molecule is CCOc1nnc(-c2cc(N)cc(F)c2)o1. The van der Waals surface area contributed by atoms with Crippen molar-refractivity contribution >= 4 is 5.69 Å². The lowest BCUT2D eigenvalue weighted by molar-refractivity contribution is 0.247. The zero-order valence-corrected chi connectivity index (χ0v) is 8.61. The van der Waals surface area contributed by atoms with Crippen LogP contribution in [0.3, 0.4) is 0 Å². The molecule has 0 radical (unpaired) electrons. The van der Waals surface area contributed by atoms with Crippen molar-refractivity contribution < 1.29 is 13.5 Å². The van der Waals surface area contributed by atoms with Crippen LogP contribution in [0.2, 0.25) is 0 Å². The monoisotopic (exact) mass is 223 g/mol. The van der Waals surface area contributed by atoms with Crippen LogP contribution in [0.1, 0.15) is 6.92 Å². The molecule has 6 heteroatoms. The summed E-state index contributed by atoms with van der Waals surface area (Å²) < 4.78 is 23.2. The van der Waals surface area contributed by atoms with Crippen LogP contribution in [0.4, 0.5) is 10.1 Å². The molecule has 0 aliphatic carbocycles. The molecule has 0 atom stereocenters. The van der Waals surface area contributed by atoms with Gasteiger partial charge in [0, 0.05) is 11.3 Å². The molecule has 5 nitrogen and oxygen atoms in total. The summed E-state index contributed by atoms with van der Waals surface area (Å²) in [5.74, 6) is -0.277. The van der Waals surface area contributed by atoms with E-state index in [0.717, 1.165) is 0 Å². The Kier molecular flexibility index (Phi) is 2.72. The summed E-state index contributed by atoms with van der Waals surface area (Å²) in [5, 5.41) is 7.36. The fourth-order valence-electron chi connectivity index (χ4n) is 1.24. The van der Waals surface area contributed by atoms with Crippen LogP contribution < -0.4 is 10.5 Å². The molecule has 2 aromatic rings. The van der Waals surface area contributed by atoms with E-state index in [1.807, 2.05) is 0 Å². The number of aromatic nitrogens is 2. The maximum atomic E-state index is 13.1. The summed E-state index contributed by atoms with van der Waals surface area (Å²) in [4.78, 5) is 0. The summed E-state index contributed by atoms with van der Waals surface area (Å²) in [6.45, 7) is 2.22. The third-order valence-electron chi connectivity index (χ3n) is 1.84. The van der Waals surface area contributed by atoms with Gasteiger partial charge in [-0.3, -0.25) is 0 Å². The second-order valence-corrected chi connectivity index (χ2v) is 3.08. The summed E-state index contributed by atoms with van der Waals surface area (Å²) in [6.07, 6.45) is 0.0559. The summed E-state index contributed by atoms with van der Waals surface area (Å²) in [6, 6.07) is 4.02. The van der Waals surface area contributed by atoms with Crippen molar-refractivity contribution in [3.8, 4) is 17.5 Å². The van der Waals surface area contributed by atoms with Crippen LogP contribution in [0.25, 0.3) is 11.5 Å². The maximum Gasteiger partial charge on any atom is 0.414 e. The minimum Gasteiger partial charge on any atom is -0.449 e. The highest BCUT2D eigenvalue weighted by Gasteiger charge is 2.10. The largest absolute Gasteiger partial charge is 0.449 e. The topological polar surface area (TPSA) is 74.2 Å². The van der Waals surface area contributed by atoms with Crippen LogP contribution in [-0.2, 0) is 0 Å². The average Bonchev–Trinajstić information content (AvgIpc) is 2.65. The molecule has 0 saturated heterocycles. The third kappa shape index (κ3) is 2.10. The highest BCUT2D eigenvalue weighted by molar-refractivity contribution is 5.59. The second kappa shape index (κ2) is 4.18. The molecule has 0 bridgehead atoms. The number of rotatable bonds is 3. The van der Waals surface area contributed by atoms with Crippen LogP contribution in [0.15, 0.2) is 22.6 Å². The van der Waals surface area contributed by atoms with E-state index in [9.17, 15) is 4.39 Å². The van der Waals surface area contributed by atoms with Crippen molar-refractivity contribution in [1.82, 2.24) is 10.2 Å². The van der Waals surface area contributed by atoms with Gasteiger partial charge in [-0.05, 0) is 25.1 Å². The Balaban J connectivity index is 2.34. The highest BCUT2D eigenvalue weighted by Crippen LogP contribution is 2.23. The number of anilines is 1. The van der Waals surface area contributed by atoms with Gasteiger partial charge in [0.2, 0.25) is 0 Å². The number of nitrogens with zero attached hydrogens (tertiary/aromatic N) is 2. The van der Waals surface area contributed by atoms with Crippen molar-refractivity contribution in [2.45, 2.75) is 6.92 Å². The van der Waals surface area contributed by atoms with E-state index >= 15 is 0 Å². The Bertz CT molecular complexity index is 478. The Morgan fingerprint density at radius 1 is 1.38 bits per heavy atom. The quantitative estimate of drug-likeness (QED) is 0.804. The highest BCUT2D eigenvalue weighted by atomic mass is 19.1. The number of hydrogen-bond donors (Lipinski definition) is 1. The first-order valence-corrected chi connectivity index (χ1v) is 4.72. The predicted octanol–water partition coefficient (Wildman–Crippen LogP) is 1.86. The molecule has 0 spiro atoms. The van der Waals surface area contributed by atoms with E-state index in [-0.39, 0.29) is 12.0 Å². The van der Waals surface area contributed by atoms with Gasteiger partial charge in [0.05, 0.1) is 6.61 Å². The lowest BCUT2D eigenvalue weighted by Crippen LogP contribution is -1.90. The number of nitrogens with two attached hydrogens (primary N) is 1. The first-order valence-electron chi connectivity index (χ1n) is 4.72. The van der Waals surface area contributed by atoms with Crippen LogP contribution in [-0.4, -0.2) is 16.8 Å². The molecule has 16 heavy (non-hydrogen) atoms. The van der Waals surface area contributed by atoms with E-state index in [1.54, 1.807) is 13.0 Å². The van der Waals surface area contributed by atoms with E-state index in [1.165, 1.54) is 12.1 Å². The van der Waals surface area contributed by atoms with Gasteiger partial charge >= 0.3 is 6.08 Å². The minimum atomic E-state index is -0.453. The van der Waals surface area contributed by atoms with Crippen molar-refractivity contribution in [3.05, 3.63) is 24.0 Å². The lowest BCUT2D eigenvalue weighted by atomic mass is 10.2. The summed E-state index contributed by atoms with van der Waals surface area (Å²) >= 11 is 0. The molecule has 0 fully saturated rings. The van der Waals surface area contributed by atoms with Gasteiger partial charge < -0.3 is 14.9 Å². The van der Waals surface area contributed by atoms with Gasteiger partial charge in [-0.15, -0.1) is 5.10 Å². The smallest absolute Gasteiger partial charge is 0.414 e. The molecule has 0 aliphatic heterocycles. The van der Waals surface area contributed by atoms with Gasteiger partial charge in [0.25, 0.3) is 5.89 Å². The molecular formula is C10H10FN3O2. The normalized spacial score (nSPS) is 10.4. The second-order valence-electron chi connectivity index (χ2n) is 3.08. The molecule has 0 unspecified atom stereocenters. The van der Waals surface area contributed by atoms with Crippen LogP contribution >= 0.6 is 0 Å². The Hall–Kier alpha value is -2.11. The van der Waals surface area contributed by atoms with Gasteiger partial charge in [-0.1, -0.05) is 5.10 Å². The van der Waals surface area contributed by atoms with Crippen molar-refractivity contribution in [1.29, 1.82) is 0 Å². The maximum absolute atomic E-state index is 13.1. The van der Waals surface area contributed by atoms with Crippen molar-refractivity contribution in [2.75, 3.05) is 12.3 Å². The standard InChI is InChI=1S/C10H10FN3O2/c1-2-15-10-14-13-9(16-10)6-3-7(11)5-8(12)4-6/h3-5H,2,12H2,1H3. The predicted molar refractivity (Wildman–Crippen MR) is 55.3 cm³/mol. The zero-order valence-electron chi connectivity index (χ0n) is 8.61. The summed E-state index contributed by atoms with van der Waals surface area (Å²) in [5.41, 5.74) is 6.23. The Labute approximate surface area is 91.0 Å². The molecule has 0 saturated carbocycles. The number of ether oxygens (including phenoxy) is 1. The molecule has 2 rings (SSSR count). The van der Waals surface area contributed by atoms with Crippen molar-refractivity contribution in [2.24, 2.45) is 0 Å². The Morgan fingerprint density at radius 3 is 2.88 bits per heavy atom. The zero-order chi connectivity index (χ0) is 11.5. The third-order valence-corrected chi connectivity index (χ3v) is 1.84. The first-order chi connectivity index (χ1) is 7.69. The van der Waals surface area contributed by atoms with Gasteiger partial charge in [-0.2, -0.15) is 0 Å². The number of halogens is 1. The molecule has 0 aliphatic rings. The van der Waals surface area contributed by atoms with E-state index < -0.39 is 5.82 Å². The van der Waals surface area contributed by atoms with Crippen LogP contribution in [0, 0.1) is 5.82 Å². The molecule has 1 heterocycles. The number of benzene rings is 1. The molecule has 1 aromatic heterocycles. The van der Waals surface area contributed by atoms with Gasteiger partial charge in [0.1, 0.15) is 5.82 Å². The molecular weight excluding hydrogens is 213 g/mol. The van der Waals surface area contributed by atoms with Gasteiger partial charge in [0.15, 0.2) is 0 Å². The Morgan fingerprint density at radius 2 is 2.19 bits per heavy atom. The van der Waals surface area contributed by atoms with E-state index in [0.29, 0.717) is 17.9 Å². The lowest BCUT2D eigenvalue weighted by Gasteiger charge is -1.98. The molecule has 1 aromatic carbocycles. The van der Waals surface area contributed by atoms with Gasteiger partial charge in [-0.25, -0.2) is 4.39 Å². The summed E-state index contributed by atoms with van der Waals surface area (Å²) in [7, 11) is 0. The minimum absolute atomic E-state index is 0.0559. The van der Waals surface area contributed by atoms with Crippen LogP contribution in [0.5, 0.6) is 6.08 Å². The van der Waals surface area contributed by atoms with E-state index in [4.69, 9.17) is 14.9 Å². The van der Waals surface area contributed by atoms with E-state index in [2.05, 4.69) is 10.2 Å². The van der Waals surface area contributed by atoms with Crippen molar-refractivity contribution in [3.63, 3.8) is 0 Å².